The Morgan fingerprint density at radius 3 is 2.77 bits per heavy atom. The fourth-order valence-electron chi connectivity index (χ4n) is 0.977. The van der Waals surface area contributed by atoms with Crippen LogP contribution in [-0.2, 0) is 0 Å². The van der Waals surface area contributed by atoms with Gasteiger partial charge in [-0.2, -0.15) is 0 Å². The Balaban J connectivity index is 2.15. The van der Waals surface area contributed by atoms with Crippen molar-refractivity contribution in [3.63, 3.8) is 0 Å². The molecule has 2 aromatic heterocycles. The molecular weight excluding hydrogens is 198 g/mol. The molecule has 0 saturated carbocycles. The second kappa shape index (κ2) is 3.94. The molecule has 0 saturated heterocycles. The average Bonchev–Trinajstić information content (AvgIpc) is 2.53. The second-order valence-corrected chi connectivity index (χ2v) is 5.24. The largest absolute Gasteiger partial charge is 0.250 e. The molecule has 3 heteroatoms. The highest BCUT2D eigenvalue weighted by atomic mass is 32.2. The van der Waals surface area contributed by atoms with Crippen LogP contribution in [0.2, 0.25) is 0 Å². The monoisotopic (exact) mass is 207 g/mol. The van der Waals surface area contributed by atoms with E-state index in [0.29, 0.717) is 0 Å². The van der Waals surface area contributed by atoms with Gasteiger partial charge in [-0.25, -0.2) is 4.98 Å². The quantitative estimate of drug-likeness (QED) is 0.746. The van der Waals surface area contributed by atoms with E-state index in [2.05, 4.69) is 24.0 Å². The molecule has 0 N–H and O–H groups in total. The molecular formula is C10H9NS2. The summed E-state index contributed by atoms with van der Waals surface area (Å²) in [4.78, 5) is 5.60. The van der Waals surface area contributed by atoms with Gasteiger partial charge in [0.25, 0.3) is 0 Å². The highest BCUT2D eigenvalue weighted by molar-refractivity contribution is 8.01. The molecule has 66 valence electrons. The predicted octanol–water partition coefficient (Wildman–Crippen LogP) is 3.60. The van der Waals surface area contributed by atoms with Gasteiger partial charge in [0.2, 0.25) is 0 Å². The van der Waals surface area contributed by atoms with Crippen LogP contribution in [0.1, 0.15) is 4.88 Å². The van der Waals surface area contributed by atoms with Gasteiger partial charge in [0.05, 0.1) is 4.21 Å². The van der Waals surface area contributed by atoms with Gasteiger partial charge in [0.1, 0.15) is 5.03 Å². The van der Waals surface area contributed by atoms with E-state index in [9.17, 15) is 0 Å². The summed E-state index contributed by atoms with van der Waals surface area (Å²) in [6, 6.07) is 10.2. The van der Waals surface area contributed by atoms with Crippen LogP contribution in [0.5, 0.6) is 0 Å². The van der Waals surface area contributed by atoms with Gasteiger partial charge in [-0.3, -0.25) is 0 Å². The Bertz CT molecular complexity index is 381. The van der Waals surface area contributed by atoms with Crippen molar-refractivity contribution in [1.29, 1.82) is 0 Å². The van der Waals surface area contributed by atoms with E-state index in [4.69, 9.17) is 0 Å². The first-order chi connectivity index (χ1) is 6.34. The Kier molecular flexibility index (Phi) is 2.66. The Morgan fingerprint density at radius 2 is 2.15 bits per heavy atom. The third-order valence-electron chi connectivity index (χ3n) is 1.56. The van der Waals surface area contributed by atoms with Gasteiger partial charge < -0.3 is 0 Å². The molecule has 0 amide bonds. The molecule has 0 radical (unpaired) electrons. The van der Waals surface area contributed by atoms with Crippen LogP contribution in [0.4, 0.5) is 0 Å². The van der Waals surface area contributed by atoms with Crippen LogP contribution in [0, 0.1) is 6.92 Å². The van der Waals surface area contributed by atoms with E-state index < -0.39 is 0 Å². The number of thiophene rings is 1. The number of aryl methyl sites for hydroxylation is 1. The molecule has 2 aromatic rings. The Hall–Kier alpha value is -0.800. The topological polar surface area (TPSA) is 12.9 Å². The predicted molar refractivity (Wildman–Crippen MR) is 57.4 cm³/mol. The number of rotatable bonds is 2. The normalized spacial score (nSPS) is 10.2. The molecule has 0 unspecified atom stereocenters. The van der Waals surface area contributed by atoms with E-state index in [-0.39, 0.29) is 0 Å². The van der Waals surface area contributed by atoms with Gasteiger partial charge in [-0.05, 0) is 31.2 Å². The molecule has 0 aliphatic heterocycles. The summed E-state index contributed by atoms with van der Waals surface area (Å²) in [5.74, 6) is 0. The maximum absolute atomic E-state index is 4.25. The molecule has 0 atom stereocenters. The van der Waals surface area contributed by atoms with Crippen molar-refractivity contribution in [1.82, 2.24) is 4.98 Å². The van der Waals surface area contributed by atoms with E-state index in [1.165, 1.54) is 9.09 Å². The highest BCUT2D eigenvalue weighted by Crippen LogP contribution is 2.31. The van der Waals surface area contributed by atoms with E-state index in [0.717, 1.165) is 5.03 Å². The lowest BCUT2D eigenvalue weighted by Crippen LogP contribution is -1.73. The van der Waals surface area contributed by atoms with E-state index in [1.54, 1.807) is 23.1 Å². The zero-order valence-electron chi connectivity index (χ0n) is 7.23. The van der Waals surface area contributed by atoms with Crippen LogP contribution in [0.25, 0.3) is 0 Å². The molecule has 13 heavy (non-hydrogen) atoms. The summed E-state index contributed by atoms with van der Waals surface area (Å²) in [7, 11) is 0. The van der Waals surface area contributed by atoms with Crippen LogP contribution in [0.3, 0.4) is 0 Å². The minimum absolute atomic E-state index is 1.06. The van der Waals surface area contributed by atoms with Crippen LogP contribution in [0.15, 0.2) is 45.8 Å². The smallest absolute Gasteiger partial charge is 0.101 e. The maximum atomic E-state index is 4.25. The van der Waals surface area contributed by atoms with E-state index >= 15 is 0 Å². The van der Waals surface area contributed by atoms with E-state index in [1.807, 2.05) is 24.4 Å². The number of hydrogen-bond donors (Lipinski definition) is 0. The fraction of sp³-hybridized carbons (Fsp3) is 0.100. The minimum atomic E-state index is 1.06. The molecule has 2 rings (SSSR count). The lowest BCUT2D eigenvalue weighted by atomic mass is 10.5. The first-order valence-electron chi connectivity index (χ1n) is 4.00. The summed E-state index contributed by atoms with van der Waals surface area (Å²) < 4.78 is 1.30. The first kappa shape index (κ1) is 8.78. The van der Waals surface area contributed by atoms with Gasteiger partial charge in [-0.1, -0.05) is 17.8 Å². The van der Waals surface area contributed by atoms with Crippen LogP contribution in [-0.4, -0.2) is 4.98 Å². The van der Waals surface area contributed by atoms with Crippen LogP contribution < -0.4 is 0 Å². The molecule has 2 heterocycles. The molecule has 0 fully saturated rings. The third kappa shape index (κ3) is 2.32. The summed E-state index contributed by atoms with van der Waals surface area (Å²) in [6.45, 7) is 2.12. The Labute approximate surface area is 85.8 Å². The zero-order valence-corrected chi connectivity index (χ0v) is 8.86. The maximum Gasteiger partial charge on any atom is 0.101 e. The molecule has 1 nitrogen and oxygen atoms in total. The van der Waals surface area contributed by atoms with Crippen molar-refractivity contribution in [2.45, 2.75) is 16.2 Å². The lowest BCUT2D eigenvalue weighted by Gasteiger charge is -1.94. The number of nitrogens with zero attached hydrogens (tertiary/aromatic N) is 1. The third-order valence-corrected chi connectivity index (χ3v) is 3.64. The van der Waals surface area contributed by atoms with Crippen molar-refractivity contribution >= 4 is 23.1 Å². The molecule has 0 aliphatic rings. The summed E-state index contributed by atoms with van der Waals surface area (Å²) in [6.07, 6.45) is 1.82. The van der Waals surface area contributed by atoms with Gasteiger partial charge >= 0.3 is 0 Å². The van der Waals surface area contributed by atoms with Crippen molar-refractivity contribution in [2.24, 2.45) is 0 Å². The molecule has 0 aromatic carbocycles. The summed E-state index contributed by atoms with van der Waals surface area (Å²) >= 11 is 3.52. The van der Waals surface area contributed by atoms with Crippen LogP contribution >= 0.6 is 23.1 Å². The number of aromatic nitrogens is 1. The van der Waals surface area contributed by atoms with Crippen molar-refractivity contribution in [3.8, 4) is 0 Å². The molecule has 0 aliphatic carbocycles. The SMILES string of the molecule is Cc1ccc(Sc2ccccn2)s1. The standard InChI is InChI=1S/C10H9NS2/c1-8-5-6-10(12-8)13-9-4-2-3-7-11-9/h2-7H,1H3. The van der Waals surface area contributed by atoms with Gasteiger partial charge in [-0.15, -0.1) is 11.3 Å². The van der Waals surface area contributed by atoms with Crippen molar-refractivity contribution in [3.05, 3.63) is 41.4 Å². The number of pyridine rings is 1. The lowest BCUT2D eigenvalue weighted by molar-refractivity contribution is 1.14. The summed E-state index contributed by atoms with van der Waals surface area (Å²) in [5, 5.41) is 1.06. The molecule has 0 spiro atoms. The number of hydrogen-bond acceptors (Lipinski definition) is 3. The zero-order chi connectivity index (χ0) is 9.10. The summed E-state index contributed by atoms with van der Waals surface area (Å²) in [5.41, 5.74) is 0. The minimum Gasteiger partial charge on any atom is -0.250 e. The highest BCUT2D eigenvalue weighted by Gasteiger charge is 1.99. The van der Waals surface area contributed by atoms with Crippen molar-refractivity contribution < 1.29 is 0 Å². The van der Waals surface area contributed by atoms with Gasteiger partial charge in [0.15, 0.2) is 0 Å². The second-order valence-electron chi connectivity index (χ2n) is 2.64. The fourth-order valence-corrected chi connectivity index (χ4v) is 2.99. The van der Waals surface area contributed by atoms with Gasteiger partial charge in [0, 0.05) is 11.1 Å². The van der Waals surface area contributed by atoms with Crippen molar-refractivity contribution in [2.75, 3.05) is 0 Å². The molecule has 0 bridgehead atoms. The average molecular weight is 207 g/mol. The first-order valence-corrected chi connectivity index (χ1v) is 5.63. The Morgan fingerprint density at radius 1 is 1.23 bits per heavy atom.